The quantitative estimate of drug-likeness (QED) is 0.0298. The third-order valence-electron chi connectivity index (χ3n) is 17.9. The van der Waals surface area contributed by atoms with Gasteiger partial charge >= 0.3 is 0 Å². The number of amides is 5. The van der Waals surface area contributed by atoms with Crippen molar-refractivity contribution in [3.63, 3.8) is 0 Å². The number of aliphatic hydroxyl groups is 14. The van der Waals surface area contributed by atoms with Crippen LogP contribution in [0.1, 0.15) is 110 Å². The van der Waals surface area contributed by atoms with Gasteiger partial charge in [0, 0.05) is 33.3 Å². The van der Waals surface area contributed by atoms with Crippen LogP contribution >= 0.6 is 0 Å². The maximum Gasteiger partial charge on any atom is 0.251 e. The monoisotopic (exact) mass is 1410 g/mol. The fourth-order valence-corrected chi connectivity index (χ4v) is 12.7. The summed E-state index contributed by atoms with van der Waals surface area (Å²) >= 11 is 0. The molecule has 6 saturated heterocycles. The first-order chi connectivity index (χ1) is 46.7. The number of carbonyl (C=O) groups excluding carboxylic acids is 5. The van der Waals surface area contributed by atoms with Gasteiger partial charge in [-0.1, -0.05) is 64.4 Å². The summed E-state index contributed by atoms with van der Waals surface area (Å²) in [6.07, 6.45) is -34.9. The molecule has 6 aliphatic heterocycles. The molecular weight excluding hydrogens is 1310 g/mol. The molecule has 1 aromatic carbocycles. The van der Waals surface area contributed by atoms with Crippen molar-refractivity contribution in [2.45, 2.75) is 283 Å². The zero-order chi connectivity index (χ0) is 71.8. The van der Waals surface area contributed by atoms with Gasteiger partial charge in [0.2, 0.25) is 23.6 Å². The predicted molar refractivity (Wildman–Crippen MR) is 329 cm³/mol. The topological polar surface area (TPSA) is 539 Å². The Morgan fingerprint density at radius 2 is 0.816 bits per heavy atom. The fourth-order valence-electron chi connectivity index (χ4n) is 12.7. The molecule has 1 aromatic rings. The summed E-state index contributed by atoms with van der Waals surface area (Å²) in [5.41, 5.74) is 0.0594. The van der Waals surface area contributed by atoms with Gasteiger partial charge in [-0.25, -0.2) is 0 Å². The van der Waals surface area contributed by atoms with E-state index < -0.39 is 246 Å². The summed E-state index contributed by atoms with van der Waals surface area (Å²) in [5, 5.41) is 168. The molecule has 6 heterocycles. The van der Waals surface area contributed by atoms with E-state index in [4.69, 9.17) is 56.8 Å². The number of aliphatic hydroxyl groups excluding tert-OH is 14. The van der Waals surface area contributed by atoms with Crippen LogP contribution in [-0.4, -0.2) is 325 Å². The van der Waals surface area contributed by atoms with E-state index in [-0.39, 0.29) is 5.56 Å². The second-order valence-electron chi connectivity index (χ2n) is 25.4. The highest BCUT2D eigenvalue weighted by molar-refractivity contribution is 5.94. The smallest absolute Gasteiger partial charge is 0.251 e. The highest BCUT2D eigenvalue weighted by atomic mass is 16.8. The molecule has 6 fully saturated rings. The number of carbonyl (C=O) groups is 5. The van der Waals surface area contributed by atoms with E-state index in [0.29, 0.717) is 12.4 Å². The minimum absolute atomic E-state index is 0.0594. The van der Waals surface area contributed by atoms with E-state index >= 15 is 0 Å². The van der Waals surface area contributed by atoms with Gasteiger partial charge in [0.1, 0.15) is 146 Å². The molecule has 36 nitrogen and oxygen atoms in total. The highest BCUT2D eigenvalue weighted by Gasteiger charge is 2.58. The second-order valence-corrected chi connectivity index (χ2v) is 25.4. The van der Waals surface area contributed by atoms with Crippen molar-refractivity contribution in [1.82, 2.24) is 26.6 Å². The van der Waals surface area contributed by atoms with Crippen molar-refractivity contribution in [3.8, 4) is 5.75 Å². The molecule has 7 rings (SSSR count). The summed E-state index contributed by atoms with van der Waals surface area (Å²) < 4.78 is 72.0. The van der Waals surface area contributed by atoms with E-state index in [2.05, 4.69) is 33.5 Å². The molecule has 19 N–H and O–H groups in total. The summed E-state index contributed by atoms with van der Waals surface area (Å²) in [6, 6.07) is -2.45. The van der Waals surface area contributed by atoms with Gasteiger partial charge in [0.15, 0.2) is 37.7 Å². The van der Waals surface area contributed by atoms with E-state index in [1.807, 2.05) is 0 Å². The van der Waals surface area contributed by atoms with Crippen molar-refractivity contribution in [2.24, 2.45) is 0 Å². The normalized spacial score (nSPS) is 39.8. The van der Waals surface area contributed by atoms with Gasteiger partial charge in [-0.2, -0.15) is 0 Å². The minimum atomic E-state index is -2.07. The molecule has 0 aliphatic carbocycles. The van der Waals surface area contributed by atoms with Crippen LogP contribution in [0.5, 0.6) is 5.75 Å². The molecule has 5 amide bonds. The van der Waals surface area contributed by atoms with E-state index in [9.17, 15) is 95.5 Å². The molecule has 36 heteroatoms. The molecular formula is C62H101N5O31. The van der Waals surface area contributed by atoms with Gasteiger partial charge in [0.25, 0.3) is 5.91 Å². The fraction of sp³-hybridized carbons (Fsp3) is 0.823. The van der Waals surface area contributed by atoms with E-state index in [1.165, 1.54) is 51.2 Å². The number of ether oxygens (including phenoxy) is 12. The Balaban J connectivity index is 1.07. The zero-order valence-electron chi connectivity index (χ0n) is 55.4. The first-order valence-electron chi connectivity index (χ1n) is 33.2. The van der Waals surface area contributed by atoms with Crippen LogP contribution in [0.2, 0.25) is 0 Å². The lowest BCUT2D eigenvalue weighted by molar-refractivity contribution is -0.368. The lowest BCUT2D eigenvalue weighted by Gasteiger charge is -2.51. The van der Waals surface area contributed by atoms with Gasteiger partial charge in [-0.05, 0) is 31.5 Å². The van der Waals surface area contributed by atoms with Gasteiger partial charge in [-0.3, -0.25) is 24.0 Å². The zero-order valence-corrected chi connectivity index (χ0v) is 55.4. The highest BCUT2D eigenvalue weighted by Crippen LogP contribution is 2.37. The first kappa shape index (κ1) is 80.7. The Kier molecular flexibility index (Phi) is 31.3. The molecule has 0 bridgehead atoms. The molecule has 560 valence electrons. The van der Waals surface area contributed by atoms with Crippen LogP contribution in [0.15, 0.2) is 24.3 Å². The largest absolute Gasteiger partial charge is 0.494 e. The van der Waals surface area contributed by atoms with Crippen molar-refractivity contribution in [1.29, 1.82) is 0 Å². The van der Waals surface area contributed by atoms with Gasteiger partial charge < -0.3 is 155 Å². The summed E-state index contributed by atoms with van der Waals surface area (Å²) in [4.78, 5) is 65.0. The second kappa shape index (κ2) is 38.0. The van der Waals surface area contributed by atoms with Crippen LogP contribution in [0.4, 0.5) is 0 Å². The molecule has 0 spiro atoms. The standard InChI is InChI=1S/C62H101N5O31/c1-7-8-9-10-11-12-13-14-15-19-87-32-18-16-17-31(20-32)56(85)67-39-45(78)44(77)33(21-68)91-58(39)95-52-34(22-69)92-59(40(47(52)80)64-28(4)73)96-53-35(23-70)93-60(41(48(53)81)65-29(5)74)97-54-36(24-71)94-61(42(49(54)82)66-30(6)75)98-55-37(90-57(86)38(46(55)79)63-27(3)72)25-88-62-51(84)50(83)43(76)26(2)89-62/h16-18,20,26,33-55,57-62,68-71,76-84,86H,7-15,19,21-25H2,1-6H3,(H,63,72)(H,64,73)(H,65,74)(H,66,75)(H,67,85)/t26?,33?,34-,35?,36-,37?,38-,39-,40?,41-,42?,43?,44+,45+,46+,47?,48+,49?,50-,51+,52+,53?,54+,55?,57+,58?,59?,60-,61?,62+/m0/s1. The van der Waals surface area contributed by atoms with Crippen LogP contribution in [0.25, 0.3) is 0 Å². The maximum atomic E-state index is 14.0. The predicted octanol–water partition coefficient (Wildman–Crippen LogP) is -7.15. The number of nitrogens with one attached hydrogen (secondary N) is 5. The summed E-state index contributed by atoms with van der Waals surface area (Å²) in [6.45, 7) is 3.38. The van der Waals surface area contributed by atoms with Crippen molar-refractivity contribution in [2.75, 3.05) is 39.6 Å². The van der Waals surface area contributed by atoms with Crippen molar-refractivity contribution < 1.29 is 152 Å². The Morgan fingerprint density at radius 1 is 0.418 bits per heavy atom. The molecule has 14 unspecified atom stereocenters. The van der Waals surface area contributed by atoms with Crippen molar-refractivity contribution in [3.05, 3.63) is 29.8 Å². The number of hydrogen-bond donors (Lipinski definition) is 19. The third-order valence-corrected chi connectivity index (χ3v) is 17.9. The first-order valence-corrected chi connectivity index (χ1v) is 33.2. The lowest BCUT2D eigenvalue weighted by Crippen LogP contribution is -2.72. The number of unbranched alkanes of at least 4 members (excludes halogenated alkanes) is 8. The molecule has 0 aromatic heterocycles. The SMILES string of the molecule is CCCCCCCCCCCOc1cccc(C(=O)N[C@@H]2C(O[C@H]3C(O)C(NC(C)=O)C(OC4C(CO)O[C@@H](O[C@H]5C(O)C(NC(C)=O)C(OC6C(CO[C@@H]7OC(C)C(O)[C@H](O)[C@H]7O)O[C@@H](O)[C@@H](NC(C)=O)[C@H]6O)O[C@H]5CO)[C@@H](NC(C)=O)[C@H]4O)O[C@H]3CO)OC(CO)[C@@H](O)[C@@H]2O)c1. The van der Waals surface area contributed by atoms with E-state index in [0.717, 1.165) is 53.4 Å². The van der Waals surface area contributed by atoms with Crippen LogP contribution in [0.3, 0.4) is 0 Å². The minimum Gasteiger partial charge on any atom is -0.494 e. The summed E-state index contributed by atoms with van der Waals surface area (Å²) in [7, 11) is 0. The third kappa shape index (κ3) is 20.6. The van der Waals surface area contributed by atoms with Gasteiger partial charge in [0.05, 0.1) is 45.7 Å². The van der Waals surface area contributed by atoms with E-state index in [1.54, 1.807) is 12.1 Å². The maximum absolute atomic E-state index is 14.0. The van der Waals surface area contributed by atoms with Crippen LogP contribution in [0, 0.1) is 0 Å². The van der Waals surface area contributed by atoms with Crippen LogP contribution < -0.4 is 31.3 Å². The molecule has 0 radical (unpaired) electrons. The number of benzene rings is 1. The molecule has 6 aliphatic rings. The average Bonchev–Trinajstić information content (AvgIpc) is 0.772. The number of rotatable bonds is 32. The lowest BCUT2D eigenvalue weighted by atomic mass is 9.93. The Hall–Kier alpha value is -4.63. The molecule has 98 heavy (non-hydrogen) atoms. The summed E-state index contributed by atoms with van der Waals surface area (Å²) in [5.74, 6) is -3.68. The molecule has 30 atom stereocenters. The van der Waals surface area contributed by atoms with Crippen LogP contribution in [-0.2, 0) is 71.3 Å². The average molecular weight is 1410 g/mol. The van der Waals surface area contributed by atoms with Gasteiger partial charge in [-0.15, -0.1) is 0 Å². The number of hydrogen-bond acceptors (Lipinski definition) is 31. The Morgan fingerprint density at radius 3 is 1.26 bits per heavy atom. The molecule has 0 saturated carbocycles. The van der Waals surface area contributed by atoms with Crippen molar-refractivity contribution >= 4 is 29.5 Å². The Bertz CT molecular complexity index is 2660. The Labute approximate surface area is 565 Å².